The van der Waals surface area contributed by atoms with Crippen molar-refractivity contribution in [1.82, 2.24) is 9.88 Å². The van der Waals surface area contributed by atoms with Crippen molar-refractivity contribution in [2.24, 2.45) is 0 Å². The minimum absolute atomic E-state index is 0.0512. The van der Waals surface area contributed by atoms with Gasteiger partial charge in [0.05, 0.1) is 17.0 Å². The fourth-order valence-corrected chi connectivity index (χ4v) is 2.76. The molecule has 1 amide bonds. The first-order valence-corrected chi connectivity index (χ1v) is 8.95. The molecule has 3 rings (SSSR count). The van der Waals surface area contributed by atoms with Crippen LogP contribution in [-0.4, -0.2) is 15.4 Å². The fourth-order valence-electron chi connectivity index (χ4n) is 2.76. The number of hydrogen-bond acceptors (Lipinski definition) is 4. The highest BCUT2D eigenvalue weighted by atomic mass is 16.6. The predicted molar refractivity (Wildman–Crippen MR) is 110 cm³/mol. The molecular weight excluding hydrogens is 370 g/mol. The van der Waals surface area contributed by atoms with E-state index in [0.717, 1.165) is 11.1 Å². The second-order valence-electron chi connectivity index (χ2n) is 6.35. The number of hydrogen-bond donors (Lipinski definition) is 1. The molecule has 1 aromatic heterocycles. The average Bonchev–Trinajstić information content (AvgIpc) is 2.73. The largest absolute Gasteiger partial charge is 0.348 e. The Morgan fingerprint density at radius 1 is 1.00 bits per heavy atom. The highest BCUT2D eigenvalue weighted by molar-refractivity contribution is 5.92. The van der Waals surface area contributed by atoms with Gasteiger partial charge in [0.25, 0.3) is 11.2 Å². The lowest BCUT2D eigenvalue weighted by Crippen LogP contribution is -2.20. The van der Waals surface area contributed by atoms with Crippen molar-refractivity contribution >= 4 is 17.7 Å². The van der Waals surface area contributed by atoms with Gasteiger partial charge >= 0.3 is 0 Å². The van der Waals surface area contributed by atoms with Crippen molar-refractivity contribution < 1.29 is 9.72 Å². The predicted octanol–water partition coefficient (Wildman–Crippen LogP) is 3.13. The first kappa shape index (κ1) is 19.8. The van der Waals surface area contributed by atoms with E-state index in [1.54, 1.807) is 35.0 Å². The quantitative estimate of drug-likeness (QED) is 0.382. The van der Waals surface area contributed by atoms with Crippen LogP contribution in [-0.2, 0) is 17.9 Å². The lowest BCUT2D eigenvalue weighted by molar-refractivity contribution is -0.385. The van der Waals surface area contributed by atoms with E-state index in [0.29, 0.717) is 18.7 Å². The lowest BCUT2D eigenvalue weighted by Gasteiger charge is -2.07. The molecule has 29 heavy (non-hydrogen) atoms. The number of nitrogens with zero attached hydrogens (tertiary/aromatic N) is 2. The smallest absolute Gasteiger partial charge is 0.276 e. The van der Waals surface area contributed by atoms with Crippen LogP contribution in [0.5, 0.6) is 0 Å². The Kier molecular flexibility index (Phi) is 6.32. The molecule has 0 saturated heterocycles. The Balaban J connectivity index is 1.56. The number of aromatic nitrogens is 1. The first-order valence-electron chi connectivity index (χ1n) is 8.95. The summed E-state index contributed by atoms with van der Waals surface area (Å²) in [6.45, 7) is 0.802. The van der Waals surface area contributed by atoms with Gasteiger partial charge in [-0.15, -0.1) is 0 Å². The summed E-state index contributed by atoms with van der Waals surface area (Å²) in [5.41, 5.74) is 2.14. The molecule has 1 heterocycles. The second-order valence-corrected chi connectivity index (χ2v) is 6.35. The molecule has 0 spiro atoms. The van der Waals surface area contributed by atoms with Gasteiger partial charge in [-0.3, -0.25) is 19.7 Å². The van der Waals surface area contributed by atoms with Crippen LogP contribution >= 0.6 is 0 Å². The number of nitro benzene ring substituents is 1. The standard InChI is InChI=1S/C22H19N3O4/c26-21(13-12-19-5-1-2-6-20(19)25(28)29)23-15-17-8-10-18(11-9-17)16-24-14-4-3-7-22(24)27/h1-14H,15-16H2,(H,23,26)/b13-12+. The third kappa shape index (κ3) is 5.49. The van der Waals surface area contributed by atoms with E-state index in [4.69, 9.17) is 0 Å². The lowest BCUT2D eigenvalue weighted by atomic mass is 10.1. The number of pyridine rings is 1. The zero-order valence-corrected chi connectivity index (χ0v) is 15.5. The van der Waals surface area contributed by atoms with Crippen LogP contribution in [0.15, 0.2) is 83.8 Å². The minimum Gasteiger partial charge on any atom is -0.348 e. The Bertz CT molecular complexity index is 1100. The van der Waals surface area contributed by atoms with E-state index >= 15 is 0 Å². The van der Waals surface area contributed by atoms with Crippen molar-refractivity contribution in [3.63, 3.8) is 0 Å². The molecule has 3 aromatic rings. The summed E-state index contributed by atoms with van der Waals surface area (Å²) < 4.78 is 1.62. The van der Waals surface area contributed by atoms with Gasteiger partial charge in [0, 0.05) is 31.0 Å². The van der Waals surface area contributed by atoms with Crippen LogP contribution in [0.1, 0.15) is 16.7 Å². The van der Waals surface area contributed by atoms with Gasteiger partial charge in [-0.25, -0.2) is 0 Å². The van der Waals surface area contributed by atoms with E-state index < -0.39 is 4.92 Å². The number of carbonyl (C=O) groups excluding carboxylic acids is 1. The van der Waals surface area contributed by atoms with Crippen molar-refractivity contribution in [3.05, 3.63) is 116 Å². The zero-order chi connectivity index (χ0) is 20.6. The highest BCUT2D eigenvalue weighted by Crippen LogP contribution is 2.18. The van der Waals surface area contributed by atoms with Crippen molar-refractivity contribution in [3.8, 4) is 0 Å². The number of rotatable bonds is 7. The summed E-state index contributed by atoms with van der Waals surface area (Å²) in [7, 11) is 0. The van der Waals surface area contributed by atoms with E-state index in [-0.39, 0.29) is 17.2 Å². The van der Waals surface area contributed by atoms with E-state index in [2.05, 4.69) is 5.32 Å². The molecule has 7 heteroatoms. The Labute approximate surface area is 167 Å². The van der Waals surface area contributed by atoms with Gasteiger partial charge < -0.3 is 9.88 Å². The van der Waals surface area contributed by atoms with E-state index in [1.807, 2.05) is 30.3 Å². The molecule has 0 bridgehead atoms. The third-order valence-electron chi connectivity index (χ3n) is 4.29. The first-order chi connectivity index (χ1) is 14.0. The van der Waals surface area contributed by atoms with Gasteiger partial charge in [0.1, 0.15) is 0 Å². The molecule has 0 fully saturated rings. The molecule has 0 unspecified atom stereocenters. The second kappa shape index (κ2) is 9.27. The number of benzene rings is 2. The van der Waals surface area contributed by atoms with Gasteiger partial charge in [0.2, 0.25) is 5.91 Å². The van der Waals surface area contributed by atoms with E-state index in [9.17, 15) is 19.7 Å². The number of nitro groups is 1. The highest BCUT2D eigenvalue weighted by Gasteiger charge is 2.09. The fraction of sp³-hybridized carbons (Fsp3) is 0.0909. The number of amides is 1. The molecule has 2 aromatic carbocycles. The van der Waals surface area contributed by atoms with Crippen LogP contribution in [0.4, 0.5) is 5.69 Å². The average molecular weight is 389 g/mol. The molecule has 7 nitrogen and oxygen atoms in total. The van der Waals surface area contributed by atoms with Gasteiger partial charge in [0.15, 0.2) is 0 Å². The number of para-hydroxylation sites is 1. The maximum absolute atomic E-state index is 12.0. The maximum Gasteiger partial charge on any atom is 0.276 e. The van der Waals surface area contributed by atoms with Crippen molar-refractivity contribution in [2.45, 2.75) is 13.1 Å². The van der Waals surface area contributed by atoms with Crippen LogP contribution in [0, 0.1) is 10.1 Å². The molecule has 146 valence electrons. The van der Waals surface area contributed by atoms with E-state index in [1.165, 1.54) is 24.3 Å². The van der Waals surface area contributed by atoms with Gasteiger partial charge in [-0.2, -0.15) is 0 Å². The number of carbonyl (C=O) groups is 1. The SMILES string of the molecule is O=C(/C=C/c1ccccc1[N+](=O)[O-])NCc1ccc(Cn2ccccc2=O)cc1. The normalized spacial score (nSPS) is 10.8. The molecular formula is C22H19N3O4. The van der Waals surface area contributed by atoms with Crippen LogP contribution < -0.4 is 10.9 Å². The minimum atomic E-state index is -0.483. The van der Waals surface area contributed by atoms with Crippen LogP contribution in [0.2, 0.25) is 0 Å². The third-order valence-corrected chi connectivity index (χ3v) is 4.29. The van der Waals surface area contributed by atoms with Crippen LogP contribution in [0.3, 0.4) is 0 Å². The Morgan fingerprint density at radius 2 is 1.69 bits per heavy atom. The number of nitrogens with one attached hydrogen (secondary N) is 1. The van der Waals surface area contributed by atoms with Crippen LogP contribution in [0.25, 0.3) is 6.08 Å². The maximum atomic E-state index is 12.0. The molecule has 0 aliphatic rings. The molecule has 0 atom stereocenters. The summed E-state index contributed by atoms with van der Waals surface area (Å²) in [6.07, 6.45) is 4.44. The Hall–Kier alpha value is -4.00. The molecule has 0 aliphatic carbocycles. The van der Waals surface area contributed by atoms with Crippen molar-refractivity contribution in [1.29, 1.82) is 0 Å². The summed E-state index contributed by atoms with van der Waals surface area (Å²) in [5.74, 6) is -0.344. The molecule has 0 saturated carbocycles. The molecule has 0 radical (unpaired) electrons. The van der Waals surface area contributed by atoms with Gasteiger partial charge in [-0.1, -0.05) is 42.5 Å². The van der Waals surface area contributed by atoms with Gasteiger partial charge in [-0.05, 0) is 29.3 Å². The monoisotopic (exact) mass is 389 g/mol. The Morgan fingerprint density at radius 3 is 2.41 bits per heavy atom. The summed E-state index contributed by atoms with van der Waals surface area (Å²) >= 11 is 0. The van der Waals surface area contributed by atoms with Crippen molar-refractivity contribution in [2.75, 3.05) is 0 Å². The summed E-state index contributed by atoms with van der Waals surface area (Å²) in [6, 6.07) is 18.8. The molecule has 0 aliphatic heterocycles. The zero-order valence-electron chi connectivity index (χ0n) is 15.5. The summed E-state index contributed by atoms with van der Waals surface area (Å²) in [5, 5.41) is 13.7. The summed E-state index contributed by atoms with van der Waals surface area (Å²) in [4.78, 5) is 34.3. The molecule has 1 N–H and O–H groups in total. The topological polar surface area (TPSA) is 94.2 Å².